The van der Waals surface area contributed by atoms with Crippen LogP contribution < -0.4 is 4.74 Å². The summed E-state index contributed by atoms with van der Waals surface area (Å²) in [6.07, 6.45) is 1.43. The van der Waals surface area contributed by atoms with Gasteiger partial charge in [0.25, 0.3) is 0 Å². The van der Waals surface area contributed by atoms with E-state index in [4.69, 9.17) is 9.47 Å². The smallest absolute Gasteiger partial charge is 0.410 e. The summed E-state index contributed by atoms with van der Waals surface area (Å²) in [7, 11) is 0. The highest BCUT2D eigenvalue weighted by molar-refractivity contribution is 5.69. The summed E-state index contributed by atoms with van der Waals surface area (Å²) in [4.78, 5) is 13.7. The molecule has 1 amide bonds. The van der Waals surface area contributed by atoms with E-state index in [1.807, 2.05) is 39.0 Å². The SMILES string of the molecule is C=CCOc1ccc2c(c1)CN(C(=O)OC(C)(C)C)C2. The Bertz CT molecular complexity index is 517. The Hall–Kier alpha value is -1.97. The number of nitrogens with zero attached hydrogens (tertiary/aromatic N) is 1. The van der Waals surface area contributed by atoms with Gasteiger partial charge in [0, 0.05) is 13.1 Å². The van der Waals surface area contributed by atoms with Crippen molar-refractivity contribution < 1.29 is 14.3 Å². The molecule has 20 heavy (non-hydrogen) atoms. The first-order chi connectivity index (χ1) is 9.39. The van der Waals surface area contributed by atoms with E-state index < -0.39 is 5.60 Å². The molecule has 1 aromatic carbocycles. The highest BCUT2D eigenvalue weighted by Gasteiger charge is 2.27. The second kappa shape index (κ2) is 5.57. The minimum absolute atomic E-state index is 0.276. The third-order valence-corrected chi connectivity index (χ3v) is 2.92. The number of hydrogen-bond acceptors (Lipinski definition) is 3. The van der Waals surface area contributed by atoms with E-state index in [1.165, 1.54) is 0 Å². The number of carbonyl (C=O) groups is 1. The fraction of sp³-hybridized carbons (Fsp3) is 0.438. The third kappa shape index (κ3) is 3.53. The molecular weight excluding hydrogens is 254 g/mol. The fourth-order valence-electron chi connectivity index (χ4n) is 2.07. The van der Waals surface area contributed by atoms with E-state index in [2.05, 4.69) is 6.58 Å². The van der Waals surface area contributed by atoms with Gasteiger partial charge in [0.15, 0.2) is 0 Å². The summed E-state index contributed by atoms with van der Waals surface area (Å²) in [6.45, 7) is 10.9. The van der Waals surface area contributed by atoms with Gasteiger partial charge in [-0.05, 0) is 44.0 Å². The lowest BCUT2D eigenvalue weighted by molar-refractivity contribution is 0.0242. The summed E-state index contributed by atoms with van der Waals surface area (Å²) in [5, 5.41) is 0. The Morgan fingerprint density at radius 1 is 1.35 bits per heavy atom. The normalized spacial score (nSPS) is 13.8. The first-order valence-electron chi connectivity index (χ1n) is 6.72. The lowest BCUT2D eigenvalue weighted by Gasteiger charge is -2.24. The van der Waals surface area contributed by atoms with Crippen LogP contribution >= 0.6 is 0 Å². The van der Waals surface area contributed by atoms with E-state index in [1.54, 1.807) is 11.0 Å². The summed E-state index contributed by atoms with van der Waals surface area (Å²) in [5.41, 5.74) is 1.78. The predicted molar refractivity (Wildman–Crippen MR) is 77.6 cm³/mol. The zero-order valence-corrected chi connectivity index (χ0v) is 12.3. The van der Waals surface area contributed by atoms with Gasteiger partial charge in [0.2, 0.25) is 0 Å². The number of ether oxygens (including phenoxy) is 2. The molecule has 0 aliphatic carbocycles. The van der Waals surface area contributed by atoms with Gasteiger partial charge >= 0.3 is 6.09 Å². The van der Waals surface area contributed by atoms with Crippen LogP contribution in [0.4, 0.5) is 4.79 Å². The Balaban J connectivity index is 2.03. The third-order valence-electron chi connectivity index (χ3n) is 2.92. The zero-order chi connectivity index (χ0) is 14.8. The minimum Gasteiger partial charge on any atom is -0.490 e. The molecule has 4 heteroatoms. The van der Waals surface area contributed by atoms with Crippen LogP contribution in [0.3, 0.4) is 0 Å². The van der Waals surface area contributed by atoms with E-state index in [-0.39, 0.29) is 6.09 Å². The van der Waals surface area contributed by atoms with Crippen LogP contribution in [0.2, 0.25) is 0 Å². The van der Waals surface area contributed by atoms with Crippen molar-refractivity contribution in [3.63, 3.8) is 0 Å². The highest BCUT2D eigenvalue weighted by Crippen LogP contribution is 2.28. The molecule has 0 radical (unpaired) electrons. The van der Waals surface area contributed by atoms with Gasteiger partial charge in [-0.25, -0.2) is 4.79 Å². The molecule has 0 N–H and O–H groups in total. The fourth-order valence-corrected chi connectivity index (χ4v) is 2.07. The Morgan fingerprint density at radius 3 is 2.70 bits per heavy atom. The molecule has 1 aliphatic rings. The molecule has 4 nitrogen and oxygen atoms in total. The largest absolute Gasteiger partial charge is 0.490 e. The van der Waals surface area contributed by atoms with Crippen molar-refractivity contribution in [3.05, 3.63) is 42.0 Å². The average molecular weight is 275 g/mol. The minimum atomic E-state index is -0.468. The average Bonchev–Trinajstić information content (AvgIpc) is 2.77. The van der Waals surface area contributed by atoms with Crippen molar-refractivity contribution in [2.45, 2.75) is 39.5 Å². The molecule has 0 atom stereocenters. The number of carbonyl (C=O) groups excluding carboxylic acids is 1. The van der Waals surface area contributed by atoms with E-state index in [0.717, 1.165) is 16.9 Å². The molecule has 0 fully saturated rings. The Kier molecular flexibility index (Phi) is 4.02. The van der Waals surface area contributed by atoms with Gasteiger partial charge < -0.3 is 9.47 Å². The molecule has 0 unspecified atom stereocenters. The summed E-state index contributed by atoms with van der Waals surface area (Å²) in [5.74, 6) is 0.801. The molecule has 0 spiro atoms. The van der Waals surface area contributed by atoms with Crippen molar-refractivity contribution >= 4 is 6.09 Å². The van der Waals surface area contributed by atoms with Gasteiger partial charge in [-0.3, -0.25) is 4.90 Å². The topological polar surface area (TPSA) is 38.8 Å². The Morgan fingerprint density at radius 2 is 2.05 bits per heavy atom. The van der Waals surface area contributed by atoms with Crippen LogP contribution in [0.1, 0.15) is 31.9 Å². The molecule has 2 rings (SSSR count). The Labute approximate surface area is 120 Å². The summed E-state index contributed by atoms with van der Waals surface area (Å²) >= 11 is 0. The lowest BCUT2D eigenvalue weighted by atomic mass is 10.1. The number of hydrogen-bond donors (Lipinski definition) is 0. The molecule has 108 valence electrons. The molecule has 0 saturated heterocycles. The second-order valence-corrected chi connectivity index (χ2v) is 5.87. The number of amides is 1. The quantitative estimate of drug-likeness (QED) is 0.792. The number of rotatable bonds is 3. The van der Waals surface area contributed by atoms with Crippen LogP contribution in [0.5, 0.6) is 5.75 Å². The van der Waals surface area contributed by atoms with Gasteiger partial charge in [0.1, 0.15) is 18.0 Å². The molecule has 1 aliphatic heterocycles. The maximum atomic E-state index is 12.0. The van der Waals surface area contributed by atoms with Crippen molar-refractivity contribution in [2.75, 3.05) is 6.61 Å². The summed E-state index contributed by atoms with van der Waals surface area (Å²) in [6, 6.07) is 5.89. The first-order valence-corrected chi connectivity index (χ1v) is 6.72. The van der Waals surface area contributed by atoms with Crippen molar-refractivity contribution in [1.29, 1.82) is 0 Å². The van der Waals surface area contributed by atoms with Gasteiger partial charge in [-0.1, -0.05) is 18.7 Å². The van der Waals surface area contributed by atoms with E-state index >= 15 is 0 Å². The van der Waals surface area contributed by atoms with Crippen molar-refractivity contribution in [3.8, 4) is 5.75 Å². The molecule has 0 saturated carbocycles. The highest BCUT2D eigenvalue weighted by atomic mass is 16.6. The van der Waals surface area contributed by atoms with Gasteiger partial charge in [0.05, 0.1) is 0 Å². The van der Waals surface area contributed by atoms with Crippen LogP contribution in [-0.4, -0.2) is 23.2 Å². The lowest BCUT2D eigenvalue weighted by Crippen LogP contribution is -2.33. The molecule has 1 heterocycles. The van der Waals surface area contributed by atoms with Crippen LogP contribution in [0, 0.1) is 0 Å². The summed E-state index contributed by atoms with van der Waals surface area (Å²) < 4.78 is 10.9. The molecule has 1 aromatic rings. The van der Waals surface area contributed by atoms with Gasteiger partial charge in [-0.15, -0.1) is 0 Å². The second-order valence-electron chi connectivity index (χ2n) is 5.87. The predicted octanol–water partition coefficient (Wildman–Crippen LogP) is 3.50. The van der Waals surface area contributed by atoms with Gasteiger partial charge in [-0.2, -0.15) is 0 Å². The van der Waals surface area contributed by atoms with E-state index in [9.17, 15) is 4.79 Å². The zero-order valence-electron chi connectivity index (χ0n) is 12.3. The number of fused-ring (bicyclic) bond motifs is 1. The molecule has 0 aromatic heterocycles. The maximum absolute atomic E-state index is 12.0. The van der Waals surface area contributed by atoms with Crippen molar-refractivity contribution in [2.24, 2.45) is 0 Å². The van der Waals surface area contributed by atoms with Crippen LogP contribution in [-0.2, 0) is 17.8 Å². The standard InChI is InChI=1S/C16H21NO3/c1-5-8-19-14-7-6-12-10-17(11-13(12)9-14)15(18)20-16(2,3)4/h5-7,9H,1,8,10-11H2,2-4H3. The molecule has 0 bridgehead atoms. The van der Waals surface area contributed by atoms with Crippen LogP contribution in [0.25, 0.3) is 0 Å². The molecular formula is C16H21NO3. The van der Waals surface area contributed by atoms with Crippen LogP contribution in [0.15, 0.2) is 30.9 Å². The maximum Gasteiger partial charge on any atom is 0.410 e. The monoisotopic (exact) mass is 275 g/mol. The van der Waals surface area contributed by atoms with Crippen molar-refractivity contribution in [1.82, 2.24) is 4.90 Å². The first kappa shape index (κ1) is 14.4. The number of benzene rings is 1. The van der Waals surface area contributed by atoms with E-state index in [0.29, 0.717) is 19.7 Å².